The van der Waals surface area contributed by atoms with Gasteiger partial charge in [-0.25, -0.2) is 0 Å². The third kappa shape index (κ3) is 6.40. The fourth-order valence-corrected chi connectivity index (χ4v) is 20.1. The monoisotopic (exact) mass is 499 g/mol. The Morgan fingerprint density at radius 2 is 1.35 bits per heavy atom. The maximum absolute atomic E-state index is 6.48. The van der Waals surface area contributed by atoms with Gasteiger partial charge in [-0.15, -0.1) is 0 Å². The summed E-state index contributed by atoms with van der Waals surface area (Å²) in [6, 6.07) is 30.5. The molecular weight excluding hydrogens is 468 g/mol. The molecular formula is C25H32ClNP2Si2. The molecule has 1 unspecified atom stereocenters. The first-order chi connectivity index (χ1) is 14.6. The number of hydrogen-bond acceptors (Lipinski definition) is 0. The maximum atomic E-state index is 6.48. The molecule has 3 aromatic carbocycles. The molecule has 1 atom stereocenters. The van der Waals surface area contributed by atoms with Crippen LogP contribution in [0.4, 0.5) is 5.69 Å². The molecule has 0 saturated carbocycles. The minimum absolute atomic E-state index is 0.460. The maximum Gasteiger partial charge on any atom is 0.154 e. The van der Waals surface area contributed by atoms with Crippen LogP contribution in [0.3, 0.4) is 0 Å². The highest BCUT2D eigenvalue weighted by molar-refractivity contribution is 8.15. The summed E-state index contributed by atoms with van der Waals surface area (Å²) in [5.41, 5.74) is 1.23. The van der Waals surface area contributed by atoms with Gasteiger partial charge in [-0.05, 0) is 39.2 Å². The summed E-state index contributed by atoms with van der Waals surface area (Å²) in [6.45, 7) is 14.9. The van der Waals surface area contributed by atoms with Crippen LogP contribution >= 0.6 is 27.3 Å². The standard InChI is InChI=1S/C25H32ClNP2Si2/c1-30(2,3)27(22-15-13-14-21(26)20-22)25(28-23-16-9-7-10-17-23)29(31(4,5)6)24-18-11-8-12-19-24/h7-20H,1-6H3. The third-order valence-corrected chi connectivity index (χ3v) is 17.9. The highest BCUT2D eigenvalue weighted by Gasteiger charge is 2.38. The Hall–Kier alpha value is -1.22. The first-order valence-corrected chi connectivity index (χ1v) is 21.0. The van der Waals surface area contributed by atoms with E-state index in [1.54, 1.807) is 5.16 Å². The van der Waals surface area contributed by atoms with E-state index in [1.807, 2.05) is 6.07 Å². The fraction of sp³-hybridized carbons (Fsp3) is 0.240. The van der Waals surface area contributed by atoms with Crippen molar-refractivity contribution in [3.05, 3.63) is 90.0 Å². The van der Waals surface area contributed by atoms with Crippen molar-refractivity contribution in [3.8, 4) is 0 Å². The van der Waals surface area contributed by atoms with Gasteiger partial charge in [-0.3, -0.25) is 0 Å². The Bertz CT molecular complexity index is 1030. The van der Waals surface area contributed by atoms with E-state index in [0.29, 0.717) is 0 Å². The lowest BCUT2D eigenvalue weighted by Gasteiger charge is -2.44. The molecule has 3 aromatic rings. The molecule has 0 aliphatic heterocycles. The Morgan fingerprint density at radius 3 is 1.87 bits per heavy atom. The Labute approximate surface area is 198 Å². The van der Waals surface area contributed by atoms with Crippen molar-refractivity contribution in [1.29, 1.82) is 0 Å². The molecule has 0 aromatic heterocycles. The van der Waals surface area contributed by atoms with E-state index in [1.165, 1.54) is 24.5 Å². The third-order valence-electron chi connectivity index (χ3n) is 4.81. The van der Waals surface area contributed by atoms with E-state index in [9.17, 15) is 0 Å². The molecule has 0 aliphatic rings. The molecule has 162 valence electrons. The van der Waals surface area contributed by atoms with Crippen LogP contribution in [0.25, 0.3) is 0 Å². The van der Waals surface area contributed by atoms with E-state index in [-0.39, 0.29) is 0 Å². The molecule has 0 amide bonds. The van der Waals surface area contributed by atoms with Crippen LogP contribution in [0.2, 0.25) is 44.3 Å². The molecule has 6 heteroatoms. The van der Waals surface area contributed by atoms with Crippen LogP contribution in [0, 0.1) is 0 Å². The quantitative estimate of drug-likeness (QED) is 0.235. The van der Waals surface area contributed by atoms with Gasteiger partial charge in [0, 0.05) is 16.0 Å². The molecule has 0 radical (unpaired) electrons. The topological polar surface area (TPSA) is 3.24 Å². The van der Waals surface area contributed by atoms with Crippen LogP contribution in [-0.2, 0) is 0 Å². The fourth-order valence-electron chi connectivity index (χ4n) is 3.62. The van der Waals surface area contributed by atoms with Gasteiger partial charge in [-0.1, -0.05) is 118 Å². The van der Waals surface area contributed by atoms with Gasteiger partial charge < -0.3 is 4.57 Å². The molecule has 0 heterocycles. The Kier molecular flexibility index (Phi) is 8.00. The lowest BCUT2D eigenvalue weighted by Crippen LogP contribution is -2.51. The van der Waals surface area contributed by atoms with Gasteiger partial charge in [0.25, 0.3) is 0 Å². The minimum Gasteiger partial charge on any atom is -0.366 e. The summed E-state index contributed by atoms with van der Waals surface area (Å²) < 4.78 is 2.70. The molecule has 3 rings (SSSR count). The Morgan fingerprint density at radius 1 is 0.774 bits per heavy atom. The average molecular weight is 500 g/mol. The number of anilines is 1. The van der Waals surface area contributed by atoms with E-state index in [0.717, 1.165) is 5.02 Å². The zero-order valence-corrected chi connectivity index (χ0v) is 23.8. The second-order valence-electron chi connectivity index (χ2n) is 9.58. The molecule has 0 bridgehead atoms. The molecule has 1 nitrogen and oxygen atoms in total. The average Bonchev–Trinajstić information content (AvgIpc) is 2.68. The number of nitrogens with zero attached hydrogens (tertiary/aromatic N) is 1. The second kappa shape index (κ2) is 10.2. The van der Waals surface area contributed by atoms with E-state index < -0.39 is 23.4 Å². The zero-order chi connectivity index (χ0) is 22.6. The number of halogens is 1. The van der Waals surface area contributed by atoms with Crippen LogP contribution in [0.5, 0.6) is 0 Å². The van der Waals surface area contributed by atoms with Crippen molar-refractivity contribution in [1.82, 2.24) is 0 Å². The first kappa shape index (κ1) is 24.4. The molecule has 0 fully saturated rings. The minimum atomic E-state index is -1.77. The highest BCUT2D eigenvalue weighted by atomic mass is 35.5. The summed E-state index contributed by atoms with van der Waals surface area (Å²) in [6.07, 6.45) is 0. The van der Waals surface area contributed by atoms with Crippen molar-refractivity contribution in [2.24, 2.45) is 0 Å². The van der Waals surface area contributed by atoms with Gasteiger partial charge in [-0.2, -0.15) is 0 Å². The van der Waals surface area contributed by atoms with Gasteiger partial charge >= 0.3 is 0 Å². The van der Waals surface area contributed by atoms with E-state index in [4.69, 9.17) is 11.6 Å². The van der Waals surface area contributed by atoms with Crippen molar-refractivity contribution < 1.29 is 0 Å². The summed E-state index contributed by atoms with van der Waals surface area (Å²) in [4.78, 5) is 0. The van der Waals surface area contributed by atoms with Crippen LogP contribution in [0.15, 0.2) is 84.9 Å². The van der Waals surface area contributed by atoms with Crippen molar-refractivity contribution in [3.63, 3.8) is 0 Å². The summed E-state index contributed by atoms with van der Waals surface area (Å²) in [5, 5.41) is 5.19. The lowest BCUT2D eigenvalue weighted by molar-refractivity contribution is 1.42. The first-order valence-electron chi connectivity index (χ1n) is 10.6. The van der Waals surface area contributed by atoms with Crippen molar-refractivity contribution in [2.45, 2.75) is 39.3 Å². The van der Waals surface area contributed by atoms with Crippen molar-refractivity contribution in [2.75, 3.05) is 4.57 Å². The van der Waals surface area contributed by atoms with Gasteiger partial charge in [0.2, 0.25) is 0 Å². The summed E-state index contributed by atoms with van der Waals surface area (Å²) in [7, 11) is -2.50. The van der Waals surface area contributed by atoms with Crippen LogP contribution < -0.4 is 15.2 Å². The predicted molar refractivity (Wildman–Crippen MR) is 152 cm³/mol. The van der Waals surface area contributed by atoms with Gasteiger partial charge in [0.1, 0.15) is 0 Å². The van der Waals surface area contributed by atoms with Crippen molar-refractivity contribution >= 4 is 64.7 Å². The lowest BCUT2D eigenvalue weighted by atomic mass is 10.3. The number of hydrogen-bond donors (Lipinski definition) is 0. The number of benzene rings is 3. The Balaban J connectivity index is 2.32. The summed E-state index contributed by atoms with van der Waals surface area (Å²) >= 11 is 6.48. The highest BCUT2D eigenvalue weighted by Crippen LogP contribution is 2.51. The molecule has 0 aliphatic carbocycles. The predicted octanol–water partition coefficient (Wildman–Crippen LogP) is 7.98. The summed E-state index contributed by atoms with van der Waals surface area (Å²) in [5.74, 6) is 0. The van der Waals surface area contributed by atoms with Gasteiger partial charge in [0.15, 0.2) is 8.24 Å². The smallest absolute Gasteiger partial charge is 0.154 e. The largest absolute Gasteiger partial charge is 0.366 e. The van der Waals surface area contributed by atoms with Crippen LogP contribution in [-0.4, -0.2) is 21.1 Å². The molecule has 0 N–H and O–H groups in total. The van der Waals surface area contributed by atoms with E-state index in [2.05, 4.69) is 123 Å². The second-order valence-corrected chi connectivity index (χ2v) is 27.6. The van der Waals surface area contributed by atoms with Gasteiger partial charge in [0.05, 0.1) is 12.9 Å². The normalized spacial score (nSPS) is 13.7. The number of rotatable bonds is 7. The molecule has 0 spiro atoms. The van der Waals surface area contributed by atoms with Crippen LogP contribution in [0.1, 0.15) is 0 Å². The molecule has 0 saturated heterocycles. The van der Waals surface area contributed by atoms with E-state index >= 15 is 0 Å². The molecule has 31 heavy (non-hydrogen) atoms. The zero-order valence-electron chi connectivity index (χ0n) is 19.3. The SMILES string of the molecule is C[Si](C)(C)N(C(=Pc1ccccc1)P(c1ccccc1)[Si](C)(C)C)c1cccc(Cl)c1.